The molecule has 10 heteroatoms. The Bertz CT molecular complexity index is 1100. The first-order valence-electron chi connectivity index (χ1n) is 9.14. The SMILES string of the molecule is Cc1cc(N[SH](C)(C)=O)cc2ncnc(Nc3ccc(F)cc3OC(CF)CF)c12. The Hall–Kier alpha value is -2.88. The fraction of sp³-hybridized carbons (Fsp3) is 0.300. The van der Waals surface area contributed by atoms with Crippen LogP contribution in [-0.4, -0.2) is 46.1 Å². The van der Waals surface area contributed by atoms with Crippen molar-refractivity contribution in [2.75, 3.05) is 35.9 Å². The third-order valence-corrected chi connectivity index (χ3v) is 4.96. The number of aryl methyl sites for hydroxylation is 1. The minimum atomic E-state index is -2.51. The fourth-order valence-corrected chi connectivity index (χ4v) is 3.72. The molecule has 30 heavy (non-hydrogen) atoms. The summed E-state index contributed by atoms with van der Waals surface area (Å²) in [6.45, 7) is -0.240. The largest absolute Gasteiger partial charge is 0.483 e. The summed E-state index contributed by atoms with van der Waals surface area (Å²) in [7, 11) is -2.51. The molecule has 0 fully saturated rings. The number of ether oxygens (including phenoxy) is 1. The molecule has 2 N–H and O–H groups in total. The topological polar surface area (TPSA) is 76.1 Å². The summed E-state index contributed by atoms with van der Waals surface area (Å²) in [5.74, 6) is -0.223. The summed E-state index contributed by atoms with van der Waals surface area (Å²) in [6.07, 6.45) is 3.26. The highest BCUT2D eigenvalue weighted by molar-refractivity contribution is 8.02. The summed E-state index contributed by atoms with van der Waals surface area (Å²) >= 11 is 0. The van der Waals surface area contributed by atoms with Crippen LogP contribution in [0.1, 0.15) is 5.56 Å². The molecule has 162 valence electrons. The normalized spacial score (nSPS) is 12.2. The molecule has 0 saturated heterocycles. The van der Waals surface area contributed by atoms with Crippen molar-refractivity contribution >= 4 is 38.2 Å². The van der Waals surface area contributed by atoms with Crippen LogP contribution < -0.4 is 14.8 Å². The van der Waals surface area contributed by atoms with Gasteiger partial charge in [0.1, 0.15) is 37.1 Å². The monoisotopic (exact) mass is 440 g/mol. The molecule has 0 saturated carbocycles. The number of anilines is 3. The molecule has 1 aromatic heterocycles. The molecule has 0 amide bonds. The zero-order valence-corrected chi connectivity index (χ0v) is 17.6. The van der Waals surface area contributed by atoms with Gasteiger partial charge >= 0.3 is 0 Å². The highest BCUT2D eigenvalue weighted by Crippen LogP contribution is 2.33. The van der Waals surface area contributed by atoms with Gasteiger partial charge < -0.3 is 14.8 Å². The average Bonchev–Trinajstić information content (AvgIpc) is 2.66. The van der Waals surface area contributed by atoms with E-state index in [1.807, 2.05) is 13.0 Å². The van der Waals surface area contributed by atoms with E-state index in [-0.39, 0.29) is 5.75 Å². The van der Waals surface area contributed by atoms with Crippen LogP contribution in [0.4, 0.5) is 30.4 Å². The van der Waals surface area contributed by atoms with Crippen LogP contribution in [0.15, 0.2) is 36.7 Å². The predicted octanol–water partition coefficient (Wildman–Crippen LogP) is 4.11. The molecule has 0 aliphatic carbocycles. The maximum Gasteiger partial charge on any atom is 0.155 e. The Balaban J connectivity index is 2.01. The smallest absolute Gasteiger partial charge is 0.155 e. The minimum Gasteiger partial charge on any atom is -0.483 e. The average molecular weight is 440 g/mol. The van der Waals surface area contributed by atoms with E-state index in [0.29, 0.717) is 28.1 Å². The summed E-state index contributed by atoms with van der Waals surface area (Å²) in [5.41, 5.74) is 2.37. The van der Waals surface area contributed by atoms with Crippen LogP contribution in [0.3, 0.4) is 0 Å². The quantitative estimate of drug-likeness (QED) is 0.460. The molecular formula is C20H23F3N4O2S. The Morgan fingerprint density at radius 2 is 1.87 bits per heavy atom. The maximum atomic E-state index is 13.7. The number of thiol groups is 1. The lowest BCUT2D eigenvalue weighted by Crippen LogP contribution is -2.21. The van der Waals surface area contributed by atoms with Crippen LogP contribution in [0.25, 0.3) is 10.9 Å². The van der Waals surface area contributed by atoms with Gasteiger partial charge in [-0.05, 0) is 46.9 Å². The van der Waals surface area contributed by atoms with Gasteiger partial charge in [-0.3, -0.25) is 4.21 Å². The van der Waals surface area contributed by atoms with Crippen molar-refractivity contribution in [1.29, 1.82) is 0 Å². The maximum absolute atomic E-state index is 13.7. The molecule has 0 atom stereocenters. The number of alkyl halides is 2. The fourth-order valence-electron chi connectivity index (χ4n) is 2.97. The minimum absolute atomic E-state index is 0.0316. The van der Waals surface area contributed by atoms with Gasteiger partial charge in [0, 0.05) is 29.7 Å². The van der Waals surface area contributed by atoms with Crippen LogP contribution in [0.5, 0.6) is 5.75 Å². The van der Waals surface area contributed by atoms with Crippen molar-refractivity contribution in [1.82, 2.24) is 9.97 Å². The van der Waals surface area contributed by atoms with Gasteiger partial charge in [0.15, 0.2) is 6.10 Å². The number of nitrogens with one attached hydrogen (secondary N) is 2. The van der Waals surface area contributed by atoms with Crippen molar-refractivity contribution in [3.63, 3.8) is 0 Å². The van der Waals surface area contributed by atoms with E-state index in [4.69, 9.17) is 4.74 Å². The molecule has 1 heterocycles. The van der Waals surface area contributed by atoms with E-state index in [9.17, 15) is 17.4 Å². The van der Waals surface area contributed by atoms with Crippen LogP contribution >= 0.6 is 0 Å². The van der Waals surface area contributed by atoms with Crippen molar-refractivity contribution < 1.29 is 22.1 Å². The Kier molecular flexibility index (Phi) is 6.45. The van der Waals surface area contributed by atoms with E-state index >= 15 is 0 Å². The van der Waals surface area contributed by atoms with Gasteiger partial charge in [-0.15, -0.1) is 0 Å². The first-order valence-corrected chi connectivity index (χ1v) is 11.7. The number of halogens is 3. The lowest BCUT2D eigenvalue weighted by Gasteiger charge is -2.19. The summed E-state index contributed by atoms with van der Waals surface area (Å²) in [4.78, 5) is 8.53. The van der Waals surface area contributed by atoms with Gasteiger partial charge in [-0.2, -0.15) is 0 Å². The van der Waals surface area contributed by atoms with Gasteiger partial charge in [-0.1, -0.05) is 0 Å². The molecule has 0 unspecified atom stereocenters. The Labute approximate surface area is 173 Å². The second-order valence-electron chi connectivity index (χ2n) is 7.19. The number of nitrogens with zero attached hydrogens (tertiary/aromatic N) is 2. The molecule has 0 aliphatic heterocycles. The second kappa shape index (κ2) is 8.86. The van der Waals surface area contributed by atoms with Crippen molar-refractivity contribution in [2.24, 2.45) is 0 Å². The summed E-state index contributed by atoms with van der Waals surface area (Å²) < 4.78 is 59.8. The van der Waals surface area contributed by atoms with Crippen LogP contribution in [0.2, 0.25) is 0 Å². The van der Waals surface area contributed by atoms with Gasteiger partial charge in [-0.25, -0.2) is 23.1 Å². The highest BCUT2D eigenvalue weighted by Gasteiger charge is 2.16. The summed E-state index contributed by atoms with van der Waals surface area (Å²) in [5, 5.41) is 3.73. The zero-order valence-electron chi connectivity index (χ0n) is 16.7. The first kappa shape index (κ1) is 21.8. The van der Waals surface area contributed by atoms with Gasteiger partial charge in [0.05, 0.1) is 11.2 Å². The summed E-state index contributed by atoms with van der Waals surface area (Å²) in [6, 6.07) is 7.23. The standard InChI is InChI=1S/C20H23F3N4O2S/c1-12-6-14(27-30(2,3)28)8-17-19(12)20(25-11-24-17)26-16-5-4-13(23)7-18(16)29-15(9-21)10-22/h4-8,11,15,30H,9-10H2,1-3H3,(H,27,28)(H,24,25,26). The van der Waals surface area contributed by atoms with E-state index in [0.717, 1.165) is 11.6 Å². The molecule has 6 nitrogen and oxygen atoms in total. The molecule has 2 aromatic carbocycles. The second-order valence-corrected chi connectivity index (χ2v) is 10.1. The van der Waals surface area contributed by atoms with Crippen molar-refractivity contribution in [3.05, 3.63) is 48.0 Å². The van der Waals surface area contributed by atoms with Gasteiger partial charge in [0.2, 0.25) is 0 Å². The number of hydrogen-bond donors (Lipinski definition) is 3. The number of aromatic nitrogens is 2. The zero-order chi connectivity index (χ0) is 21.9. The number of benzene rings is 2. The third-order valence-electron chi connectivity index (χ3n) is 4.17. The van der Waals surface area contributed by atoms with Crippen LogP contribution in [-0.2, 0) is 10.1 Å². The van der Waals surface area contributed by atoms with E-state index in [1.165, 1.54) is 18.5 Å². The van der Waals surface area contributed by atoms with E-state index < -0.39 is 35.4 Å². The van der Waals surface area contributed by atoms with Crippen LogP contribution in [0, 0.1) is 12.7 Å². The Morgan fingerprint density at radius 1 is 1.13 bits per heavy atom. The number of hydrogen-bond acceptors (Lipinski definition) is 5. The molecule has 0 radical (unpaired) electrons. The van der Waals surface area contributed by atoms with Gasteiger partial charge in [0.25, 0.3) is 0 Å². The molecule has 0 aliphatic rings. The Morgan fingerprint density at radius 3 is 2.53 bits per heavy atom. The molecule has 0 spiro atoms. The lowest BCUT2D eigenvalue weighted by molar-refractivity contribution is 0.134. The predicted molar refractivity (Wildman–Crippen MR) is 115 cm³/mol. The van der Waals surface area contributed by atoms with Crippen molar-refractivity contribution in [2.45, 2.75) is 13.0 Å². The molecular weight excluding hydrogens is 417 g/mol. The van der Waals surface area contributed by atoms with Crippen molar-refractivity contribution in [3.8, 4) is 5.75 Å². The number of rotatable bonds is 8. The third kappa shape index (κ3) is 5.18. The highest BCUT2D eigenvalue weighted by atomic mass is 32.3. The number of fused-ring (bicyclic) bond motifs is 1. The van der Waals surface area contributed by atoms with E-state index in [2.05, 4.69) is 20.0 Å². The first-order chi connectivity index (χ1) is 14.2. The lowest BCUT2D eigenvalue weighted by atomic mass is 10.1. The van der Waals surface area contributed by atoms with E-state index in [1.54, 1.807) is 18.6 Å². The molecule has 3 aromatic rings. The molecule has 0 bridgehead atoms. The molecule has 3 rings (SSSR count).